The Morgan fingerprint density at radius 3 is 2.44 bits per heavy atom. The van der Waals surface area contributed by atoms with Crippen molar-refractivity contribution < 1.29 is 17.9 Å². The van der Waals surface area contributed by atoms with Crippen LogP contribution in [-0.4, -0.2) is 3.94 Å². The van der Waals surface area contributed by atoms with Gasteiger partial charge in [-0.05, 0) is 0 Å². The van der Waals surface area contributed by atoms with Crippen molar-refractivity contribution in [3.8, 4) is 0 Å². The van der Waals surface area contributed by atoms with Crippen LogP contribution in [0.5, 0.6) is 0 Å². The molecular formula is C7H6RuS. The molecule has 0 bridgehead atoms. The second kappa shape index (κ2) is 3.97. The van der Waals surface area contributed by atoms with E-state index in [9.17, 15) is 0 Å². The topological polar surface area (TPSA) is 0 Å². The molecule has 1 aromatic carbocycles. The molecular weight excluding hydrogens is 217 g/mol. The molecule has 0 fully saturated rings. The second-order valence-electron chi connectivity index (χ2n) is 1.51. The van der Waals surface area contributed by atoms with E-state index >= 15 is 0 Å². The Morgan fingerprint density at radius 1 is 1.22 bits per heavy atom. The Hall–Kier alpha value is 0.0634. The summed E-state index contributed by atoms with van der Waals surface area (Å²) in [6.07, 6.45) is 0. The third kappa shape index (κ3) is 2.42. The summed E-state index contributed by atoms with van der Waals surface area (Å²) in [6.45, 7) is 0. The van der Waals surface area contributed by atoms with Crippen LogP contribution in [0.4, 0.5) is 0 Å². The number of benzene rings is 1. The van der Waals surface area contributed by atoms with Crippen molar-refractivity contribution in [2.75, 3.05) is 0 Å². The van der Waals surface area contributed by atoms with Crippen molar-refractivity contribution in [2.45, 2.75) is 4.90 Å². The molecule has 0 aliphatic heterocycles. The molecule has 0 radical (unpaired) electrons. The molecule has 0 aromatic heterocycles. The van der Waals surface area contributed by atoms with E-state index in [-0.39, 0.29) is 0 Å². The van der Waals surface area contributed by atoms with E-state index in [0.29, 0.717) is 0 Å². The molecule has 48 valence electrons. The molecule has 0 nitrogen and oxygen atoms in total. The van der Waals surface area contributed by atoms with Crippen molar-refractivity contribution in [3.05, 3.63) is 30.3 Å². The summed E-state index contributed by atoms with van der Waals surface area (Å²) in [5.41, 5.74) is 0. The molecule has 0 saturated carbocycles. The van der Waals surface area contributed by atoms with Gasteiger partial charge in [0.2, 0.25) is 0 Å². The average Bonchev–Trinajstić information content (AvgIpc) is 1.91. The normalized spacial score (nSPS) is 9.00. The van der Waals surface area contributed by atoms with Gasteiger partial charge >= 0.3 is 68.8 Å². The standard InChI is InChI=1S/C7H6S.Ru/c1-8-7-5-3-2-4-6-7;/h1-6H;. The van der Waals surface area contributed by atoms with E-state index < -0.39 is 0 Å². The van der Waals surface area contributed by atoms with Crippen LogP contribution in [0.25, 0.3) is 0 Å². The van der Waals surface area contributed by atoms with Gasteiger partial charge in [-0.15, -0.1) is 0 Å². The minimum absolute atomic E-state index is 1.29. The summed E-state index contributed by atoms with van der Waals surface area (Å²) in [5, 5.41) is 0. The average molecular weight is 223 g/mol. The van der Waals surface area contributed by atoms with E-state index in [4.69, 9.17) is 0 Å². The first kappa shape index (κ1) is 7.17. The SMILES string of the molecule is [Ru]=[CH]Sc1ccccc1. The summed E-state index contributed by atoms with van der Waals surface area (Å²) in [7, 11) is 0. The summed E-state index contributed by atoms with van der Waals surface area (Å²) in [5.74, 6) is 0. The quantitative estimate of drug-likeness (QED) is 0.546. The third-order valence-corrected chi connectivity index (χ3v) is 2.16. The van der Waals surface area contributed by atoms with Crippen LogP contribution in [0.15, 0.2) is 35.2 Å². The summed E-state index contributed by atoms with van der Waals surface area (Å²) in [4.78, 5) is 1.29. The first-order valence-corrected chi connectivity index (χ1v) is 4.44. The van der Waals surface area contributed by atoms with Gasteiger partial charge in [0.25, 0.3) is 0 Å². The van der Waals surface area contributed by atoms with Crippen LogP contribution in [0, 0.1) is 0 Å². The molecule has 0 atom stereocenters. The third-order valence-electron chi connectivity index (χ3n) is 0.921. The Morgan fingerprint density at radius 2 is 1.89 bits per heavy atom. The molecule has 9 heavy (non-hydrogen) atoms. The molecule has 1 rings (SSSR count). The minimum atomic E-state index is 1.29. The Labute approximate surface area is 68.9 Å². The van der Waals surface area contributed by atoms with Gasteiger partial charge < -0.3 is 0 Å². The molecule has 0 aliphatic carbocycles. The van der Waals surface area contributed by atoms with E-state index in [1.807, 2.05) is 22.1 Å². The van der Waals surface area contributed by atoms with E-state index in [2.05, 4.69) is 30.0 Å². The number of rotatable bonds is 2. The number of thioether (sulfide) groups is 1. The monoisotopic (exact) mass is 224 g/mol. The van der Waals surface area contributed by atoms with Crippen molar-refractivity contribution in [1.82, 2.24) is 0 Å². The maximum absolute atomic E-state index is 2.48. The van der Waals surface area contributed by atoms with Crippen LogP contribution in [-0.2, 0) is 17.9 Å². The van der Waals surface area contributed by atoms with Gasteiger partial charge in [-0.3, -0.25) is 0 Å². The predicted octanol–water partition coefficient (Wildman–Crippen LogP) is 2.09. The summed E-state index contributed by atoms with van der Waals surface area (Å²) < 4.78 is 2.01. The molecule has 1 aromatic rings. The van der Waals surface area contributed by atoms with Crippen molar-refractivity contribution in [1.29, 1.82) is 0 Å². The van der Waals surface area contributed by atoms with Gasteiger partial charge in [0.1, 0.15) is 0 Å². The van der Waals surface area contributed by atoms with Crippen LogP contribution in [0.2, 0.25) is 0 Å². The maximum atomic E-state index is 2.48. The fourth-order valence-corrected chi connectivity index (χ4v) is 1.67. The van der Waals surface area contributed by atoms with Crippen molar-refractivity contribution in [2.24, 2.45) is 0 Å². The molecule has 0 spiro atoms. The molecule has 0 N–H and O–H groups in total. The number of hydrogen-bond donors (Lipinski definition) is 0. The number of hydrogen-bond acceptors (Lipinski definition) is 1. The fourth-order valence-electron chi connectivity index (χ4n) is 0.547. The van der Waals surface area contributed by atoms with Gasteiger partial charge in [-0.1, -0.05) is 0 Å². The predicted molar refractivity (Wildman–Crippen MR) is 38.4 cm³/mol. The Balaban J connectivity index is 2.72. The van der Waals surface area contributed by atoms with Crippen LogP contribution >= 0.6 is 11.8 Å². The first-order valence-electron chi connectivity index (χ1n) is 2.55. The summed E-state index contributed by atoms with van der Waals surface area (Å²) >= 11 is 4.20. The van der Waals surface area contributed by atoms with E-state index in [1.54, 1.807) is 11.8 Å². The van der Waals surface area contributed by atoms with Gasteiger partial charge in [0, 0.05) is 0 Å². The van der Waals surface area contributed by atoms with Gasteiger partial charge in [-0.2, -0.15) is 0 Å². The molecule has 0 aliphatic rings. The molecule has 0 saturated heterocycles. The van der Waals surface area contributed by atoms with E-state index in [1.165, 1.54) is 4.90 Å². The Bertz CT molecular complexity index is 183. The zero-order valence-electron chi connectivity index (χ0n) is 4.73. The Kier molecular flexibility index (Phi) is 3.17. The fraction of sp³-hybridized carbons (Fsp3) is 0. The van der Waals surface area contributed by atoms with E-state index in [0.717, 1.165) is 0 Å². The zero-order chi connectivity index (χ0) is 6.53. The van der Waals surface area contributed by atoms with Crippen LogP contribution in [0.3, 0.4) is 0 Å². The second-order valence-corrected chi connectivity index (χ2v) is 3.62. The van der Waals surface area contributed by atoms with Gasteiger partial charge in [-0.25, -0.2) is 0 Å². The van der Waals surface area contributed by atoms with Crippen LogP contribution < -0.4 is 0 Å². The van der Waals surface area contributed by atoms with Crippen LogP contribution in [0.1, 0.15) is 0 Å². The molecule has 2 heteroatoms. The van der Waals surface area contributed by atoms with Crippen molar-refractivity contribution >= 4 is 15.7 Å². The summed E-state index contributed by atoms with van der Waals surface area (Å²) in [6, 6.07) is 10.3. The zero-order valence-corrected chi connectivity index (χ0v) is 7.28. The molecule has 0 unspecified atom stereocenters. The van der Waals surface area contributed by atoms with Gasteiger partial charge in [0.05, 0.1) is 0 Å². The molecule has 0 heterocycles. The molecule has 0 amide bonds. The van der Waals surface area contributed by atoms with Gasteiger partial charge in [0.15, 0.2) is 0 Å². The van der Waals surface area contributed by atoms with Crippen molar-refractivity contribution in [3.63, 3.8) is 0 Å². The first-order chi connectivity index (χ1) is 4.43.